The highest BCUT2D eigenvalue weighted by Gasteiger charge is 2.52. The first kappa shape index (κ1) is 17.5. The Kier molecular flexibility index (Phi) is 4.58. The highest BCUT2D eigenvalue weighted by molar-refractivity contribution is 7.16. The van der Waals surface area contributed by atoms with Gasteiger partial charge in [0.2, 0.25) is 5.41 Å². The van der Waals surface area contributed by atoms with Gasteiger partial charge in [0, 0.05) is 29.8 Å². The van der Waals surface area contributed by atoms with E-state index in [1.165, 1.54) is 11.3 Å². The second kappa shape index (κ2) is 6.54. The molecule has 0 spiro atoms. The van der Waals surface area contributed by atoms with Gasteiger partial charge in [-0.3, -0.25) is 4.90 Å². The molecule has 0 saturated carbocycles. The lowest BCUT2D eigenvalue weighted by atomic mass is 9.61. The first-order valence-electron chi connectivity index (χ1n) is 7.93. The summed E-state index contributed by atoms with van der Waals surface area (Å²) in [5, 5.41) is 29.3. The van der Waals surface area contributed by atoms with Crippen LogP contribution in [-0.2, 0) is 0 Å². The maximum absolute atomic E-state index is 9.78. The molecule has 2 aliphatic rings. The zero-order valence-electron chi connectivity index (χ0n) is 13.7. The number of halogens is 1. The van der Waals surface area contributed by atoms with Crippen molar-refractivity contribution in [1.82, 2.24) is 4.90 Å². The van der Waals surface area contributed by atoms with Crippen molar-refractivity contribution in [2.75, 3.05) is 19.6 Å². The van der Waals surface area contributed by atoms with Crippen LogP contribution in [-0.4, -0.2) is 24.5 Å². The smallest absolute Gasteiger partial charge is 0.204 e. The van der Waals surface area contributed by atoms with Crippen molar-refractivity contribution in [2.45, 2.75) is 12.8 Å². The Hall–Kier alpha value is -2.30. The van der Waals surface area contributed by atoms with Gasteiger partial charge in [0.25, 0.3) is 0 Å². The van der Waals surface area contributed by atoms with Crippen LogP contribution in [0, 0.1) is 45.3 Å². The summed E-state index contributed by atoms with van der Waals surface area (Å²) in [5.74, 6) is -0.428. The van der Waals surface area contributed by atoms with Gasteiger partial charge >= 0.3 is 0 Å². The molecule has 0 saturated heterocycles. The number of hydrogen-bond acceptors (Lipinski definition) is 6. The lowest BCUT2D eigenvalue weighted by Gasteiger charge is -2.44. The Morgan fingerprint density at radius 1 is 1.36 bits per heavy atom. The number of thiophene rings is 1. The molecule has 1 aliphatic carbocycles. The molecule has 1 aromatic heterocycles. The predicted molar refractivity (Wildman–Crippen MR) is 96.2 cm³/mol. The lowest BCUT2D eigenvalue weighted by Crippen LogP contribution is -2.47. The SMILES string of the molecule is CCN1CC=C2[C@@H](C1)[C@@H](c1ccc(Cl)s1)C(C#N)=C(N)C2(C#N)C#N. The molecule has 126 valence electrons. The third kappa shape index (κ3) is 2.53. The van der Waals surface area contributed by atoms with Gasteiger partial charge in [0.1, 0.15) is 0 Å². The maximum atomic E-state index is 9.78. The number of likely N-dealkylation sites (N-methyl/N-ethyl adjacent to an activating group) is 1. The Balaban J connectivity index is 2.28. The van der Waals surface area contributed by atoms with E-state index in [9.17, 15) is 15.8 Å². The third-order valence-electron chi connectivity index (χ3n) is 5.07. The first-order chi connectivity index (χ1) is 12.0. The van der Waals surface area contributed by atoms with Gasteiger partial charge in [-0.2, -0.15) is 15.8 Å². The van der Waals surface area contributed by atoms with Crippen LogP contribution >= 0.6 is 22.9 Å². The van der Waals surface area contributed by atoms with Crippen molar-refractivity contribution in [2.24, 2.45) is 17.1 Å². The normalized spacial score (nSPS) is 25.3. The van der Waals surface area contributed by atoms with Crippen LogP contribution in [0.5, 0.6) is 0 Å². The number of rotatable bonds is 2. The molecular weight excluding hydrogens is 354 g/mol. The molecule has 2 N–H and O–H groups in total. The Morgan fingerprint density at radius 2 is 2.08 bits per heavy atom. The summed E-state index contributed by atoms with van der Waals surface area (Å²) in [7, 11) is 0. The number of nitrogens with two attached hydrogens (primary N) is 1. The molecule has 0 amide bonds. The molecule has 5 nitrogen and oxygen atoms in total. The van der Waals surface area contributed by atoms with Gasteiger partial charge in [-0.25, -0.2) is 0 Å². The van der Waals surface area contributed by atoms with Crippen LogP contribution in [0.3, 0.4) is 0 Å². The maximum Gasteiger partial charge on any atom is 0.204 e. The van der Waals surface area contributed by atoms with Gasteiger partial charge in [-0.1, -0.05) is 24.6 Å². The van der Waals surface area contributed by atoms with Gasteiger partial charge in [0.15, 0.2) is 0 Å². The van der Waals surface area contributed by atoms with E-state index < -0.39 is 5.41 Å². The van der Waals surface area contributed by atoms with E-state index >= 15 is 0 Å². The minimum absolute atomic E-state index is 0.0574. The number of hydrogen-bond donors (Lipinski definition) is 1. The van der Waals surface area contributed by atoms with Crippen molar-refractivity contribution in [3.8, 4) is 18.2 Å². The number of nitriles is 3. The topological polar surface area (TPSA) is 101 Å². The Labute approximate surface area is 155 Å². The quantitative estimate of drug-likeness (QED) is 0.807. The monoisotopic (exact) mass is 369 g/mol. The van der Waals surface area contributed by atoms with E-state index in [1.54, 1.807) is 6.07 Å². The molecule has 0 bridgehead atoms. The van der Waals surface area contributed by atoms with Crippen molar-refractivity contribution >= 4 is 22.9 Å². The second-order valence-corrected chi connectivity index (χ2v) is 7.90. The molecule has 0 aromatic carbocycles. The van der Waals surface area contributed by atoms with Crippen LogP contribution in [0.4, 0.5) is 0 Å². The van der Waals surface area contributed by atoms with Crippen LogP contribution in [0.25, 0.3) is 0 Å². The largest absolute Gasteiger partial charge is 0.399 e. The zero-order chi connectivity index (χ0) is 18.2. The summed E-state index contributed by atoms with van der Waals surface area (Å²) in [4.78, 5) is 3.16. The summed E-state index contributed by atoms with van der Waals surface area (Å²) < 4.78 is 0.636. The molecule has 1 aliphatic heterocycles. The fraction of sp³-hybridized carbons (Fsp3) is 0.389. The second-order valence-electron chi connectivity index (χ2n) is 6.15. The van der Waals surface area contributed by atoms with Gasteiger partial charge in [-0.15, -0.1) is 11.3 Å². The molecule has 7 heteroatoms. The highest BCUT2D eigenvalue weighted by atomic mass is 35.5. The van der Waals surface area contributed by atoms with E-state index in [2.05, 4.69) is 30.0 Å². The van der Waals surface area contributed by atoms with Gasteiger partial charge in [0.05, 0.1) is 33.8 Å². The first-order valence-corrected chi connectivity index (χ1v) is 9.12. The minimum Gasteiger partial charge on any atom is -0.399 e. The zero-order valence-corrected chi connectivity index (χ0v) is 15.2. The Bertz CT molecular complexity index is 878. The summed E-state index contributed by atoms with van der Waals surface area (Å²) in [6.07, 6.45) is 1.94. The fourth-order valence-corrected chi connectivity index (χ4v) is 5.01. The molecule has 0 fully saturated rings. The lowest BCUT2D eigenvalue weighted by molar-refractivity contribution is 0.235. The summed E-state index contributed by atoms with van der Waals surface area (Å²) in [6, 6.07) is 10.0. The average Bonchev–Trinajstić information content (AvgIpc) is 3.06. The average molecular weight is 370 g/mol. The van der Waals surface area contributed by atoms with Crippen LogP contribution in [0.15, 0.2) is 35.1 Å². The standard InChI is InChI=1S/C18H16ClN5S/c1-2-24-6-5-13-12(8-24)16(14-3-4-15(19)25-14)11(7-20)17(23)18(13,9-21)10-22/h3-5,12,16H,2,6,8,23H2,1H3/t12-,16+/m1/s1. The molecule has 0 radical (unpaired) electrons. The van der Waals surface area contributed by atoms with E-state index in [0.717, 1.165) is 11.4 Å². The summed E-state index contributed by atoms with van der Waals surface area (Å²) >= 11 is 7.52. The van der Waals surface area contributed by atoms with Crippen molar-refractivity contribution < 1.29 is 0 Å². The van der Waals surface area contributed by atoms with E-state index in [4.69, 9.17) is 17.3 Å². The molecule has 25 heavy (non-hydrogen) atoms. The van der Waals surface area contributed by atoms with Gasteiger partial charge < -0.3 is 5.73 Å². The number of nitrogens with zero attached hydrogens (tertiary/aromatic N) is 4. The van der Waals surface area contributed by atoms with Crippen LogP contribution < -0.4 is 5.73 Å². The van der Waals surface area contributed by atoms with Gasteiger partial charge in [-0.05, 0) is 24.3 Å². The predicted octanol–water partition coefficient (Wildman–Crippen LogP) is 3.15. The third-order valence-corrected chi connectivity index (χ3v) is 6.38. The highest BCUT2D eigenvalue weighted by Crippen LogP contribution is 2.53. The summed E-state index contributed by atoms with van der Waals surface area (Å²) in [5.41, 5.74) is 5.75. The van der Waals surface area contributed by atoms with Crippen LogP contribution in [0.2, 0.25) is 4.34 Å². The number of fused-ring (bicyclic) bond motifs is 1. The minimum atomic E-state index is -1.56. The fourth-order valence-electron chi connectivity index (χ4n) is 3.77. The molecule has 2 atom stereocenters. The number of allylic oxidation sites excluding steroid dienone is 2. The molecule has 0 unspecified atom stereocenters. The molecule has 1 aromatic rings. The summed E-state index contributed by atoms with van der Waals surface area (Å²) in [6.45, 7) is 4.26. The van der Waals surface area contributed by atoms with Crippen molar-refractivity contribution in [1.29, 1.82) is 15.8 Å². The van der Waals surface area contributed by atoms with Crippen LogP contribution in [0.1, 0.15) is 17.7 Å². The van der Waals surface area contributed by atoms with E-state index in [1.807, 2.05) is 12.1 Å². The molecule has 3 rings (SSSR count). The van der Waals surface area contributed by atoms with E-state index in [-0.39, 0.29) is 17.5 Å². The molecular formula is C18H16ClN5S. The Morgan fingerprint density at radius 3 is 2.60 bits per heavy atom. The molecule has 2 heterocycles. The van der Waals surface area contributed by atoms with Crippen molar-refractivity contribution in [3.05, 3.63) is 44.3 Å². The van der Waals surface area contributed by atoms with Crippen molar-refractivity contribution in [3.63, 3.8) is 0 Å². The van der Waals surface area contributed by atoms with E-state index in [0.29, 0.717) is 28.6 Å².